The van der Waals surface area contributed by atoms with E-state index in [0.29, 0.717) is 38.8 Å². The molecule has 1 saturated heterocycles. The summed E-state index contributed by atoms with van der Waals surface area (Å²) in [6.07, 6.45) is 1.27. The van der Waals surface area contributed by atoms with E-state index in [0.717, 1.165) is 5.69 Å². The van der Waals surface area contributed by atoms with Crippen LogP contribution in [0.2, 0.25) is 0 Å². The van der Waals surface area contributed by atoms with Gasteiger partial charge in [-0.2, -0.15) is 0 Å². The molecule has 1 aromatic carbocycles. The molecule has 34 heavy (non-hydrogen) atoms. The number of carbonyl (C=O) groups is 5. The molecule has 10 nitrogen and oxygen atoms in total. The fraction of sp³-hybridized carbons (Fsp3) is 0.542. The molecule has 0 spiro atoms. The van der Waals surface area contributed by atoms with E-state index in [1.165, 1.54) is 19.0 Å². The highest BCUT2D eigenvalue weighted by atomic mass is 16.6. The van der Waals surface area contributed by atoms with Crippen LogP contribution in [0.25, 0.3) is 0 Å². The van der Waals surface area contributed by atoms with Crippen molar-refractivity contribution in [2.24, 2.45) is 0 Å². The number of carbonyl (C=O) groups excluding carboxylic acids is 5. The van der Waals surface area contributed by atoms with Crippen LogP contribution in [0.4, 0.5) is 10.5 Å². The maximum Gasteiger partial charge on any atom is 0.410 e. The molecule has 0 radical (unpaired) electrons. The highest BCUT2D eigenvalue weighted by Crippen LogP contribution is 2.23. The van der Waals surface area contributed by atoms with Gasteiger partial charge in [0.15, 0.2) is 6.29 Å². The van der Waals surface area contributed by atoms with E-state index in [1.807, 2.05) is 25.7 Å². The number of hydrogen-bond donors (Lipinski definition) is 1. The second kappa shape index (κ2) is 11.6. The van der Waals surface area contributed by atoms with Gasteiger partial charge in [-0.15, -0.1) is 0 Å². The zero-order chi connectivity index (χ0) is 25.5. The van der Waals surface area contributed by atoms with Crippen LogP contribution in [0, 0.1) is 0 Å². The predicted molar refractivity (Wildman–Crippen MR) is 127 cm³/mol. The molecule has 3 amide bonds. The summed E-state index contributed by atoms with van der Waals surface area (Å²) in [6, 6.07) is 4.12. The lowest BCUT2D eigenvalue weighted by atomic mass is 10.0. The Morgan fingerprint density at radius 3 is 2.32 bits per heavy atom. The van der Waals surface area contributed by atoms with E-state index < -0.39 is 17.6 Å². The standard InChI is InChI=1S/C24H34N4O6/c1-24(2,3)34-23(33)28-12-10-27(11-13-28)18-8-9-19(17(15-18)16-30)22(32)26(5)20(7-6-14-29)21(31)25-4/h8-9,14-16,20H,6-7,10-13H2,1-5H3,(H,25,31). The first-order valence-corrected chi connectivity index (χ1v) is 11.3. The maximum atomic E-state index is 13.1. The van der Waals surface area contributed by atoms with Gasteiger partial charge in [0.1, 0.15) is 17.9 Å². The molecule has 1 fully saturated rings. The van der Waals surface area contributed by atoms with Gasteiger partial charge in [-0.1, -0.05) is 0 Å². The number of aldehydes is 2. The Hall–Kier alpha value is -3.43. The number of amides is 3. The average Bonchev–Trinajstić information content (AvgIpc) is 2.82. The maximum absolute atomic E-state index is 13.1. The van der Waals surface area contributed by atoms with E-state index in [9.17, 15) is 24.0 Å². The molecular formula is C24H34N4O6. The van der Waals surface area contributed by atoms with Crippen molar-refractivity contribution in [3.63, 3.8) is 0 Å². The van der Waals surface area contributed by atoms with Crippen LogP contribution < -0.4 is 10.2 Å². The van der Waals surface area contributed by atoms with Crippen LogP contribution in [0.1, 0.15) is 54.3 Å². The minimum absolute atomic E-state index is 0.129. The van der Waals surface area contributed by atoms with Crippen LogP contribution in [0.3, 0.4) is 0 Å². The Bertz CT molecular complexity index is 919. The van der Waals surface area contributed by atoms with Gasteiger partial charge < -0.3 is 29.5 Å². The normalized spacial score (nSPS) is 14.7. The smallest absolute Gasteiger partial charge is 0.410 e. The quantitative estimate of drug-likeness (QED) is 0.570. The lowest BCUT2D eigenvalue weighted by molar-refractivity contribution is -0.125. The molecule has 0 aliphatic carbocycles. The zero-order valence-electron chi connectivity index (χ0n) is 20.5. The van der Waals surface area contributed by atoms with Crippen molar-refractivity contribution in [1.82, 2.24) is 15.1 Å². The summed E-state index contributed by atoms with van der Waals surface area (Å²) < 4.78 is 5.42. The Balaban J connectivity index is 2.14. The second-order valence-electron chi connectivity index (χ2n) is 9.13. The predicted octanol–water partition coefficient (Wildman–Crippen LogP) is 1.72. The van der Waals surface area contributed by atoms with Crippen molar-refractivity contribution in [2.45, 2.75) is 45.3 Å². The lowest BCUT2D eigenvalue weighted by Crippen LogP contribution is -2.50. The van der Waals surface area contributed by atoms with Crippen molar-refractivity contribution in [3.8, 4) is 0 Å². The van der Waals surface area contributed by atoms with Crippen molar-refractivity contribution >= 4 is 36.2 Å². The molecule has 1 atom stereocenters. The molecule has 1 N–H and O–H groups in total. The molecule has 10 heteroatoms. The lowest BCUT2D eigenvalue weighted by Gasteiger charge is -2.37. The van der Waals surface area contributed by atoms with Gasteiger partial charge in [0.05, 0.1) is 5.56 Å². The van der Waals surface area contributed by atoms with Crippen LogP contribution in [-0.2, 0) is 14.3 Å². The average molecular weight is 475 g/mol. The Morgan fingerprint density at radius 2 is 1.79 bits per heavy atom. The molecule has 0 aromatic heterocycles. The number of rotatable bonds is 8. The minimum atomic E-state index is -0.831. The summed E-state index contributed by atoms with van der Waals surface area (Å²) in [4.78, 5) is 65.1. The van der Waals surface area contributed by atoms with Crippen molar-refractivity contribution in [2.75, 3.05) is 45.2 Å². The number of ether oxygens (including phenoxy) is 1. The number of nitrogens with zero attached hydrogens (tertiary/aromatic N) is 3. The molecule has 1 heterocycles. The summed E-state index contributed by atoms with van der Waals surface area (Å²) in [6.45, 7) is 7.51. The molecular weight excluding hydrogens is 440 g/mol. The summed E-state index contributed by atoms with van der Waals surface area (Å²) in [5.41, 5.74) is 0.574. The monoisotopic (exact) mass is 474 g/mol. The fourth-order valence-electron chi connectivity index (χ4n) is 3.74. The number of hydrogen-bond acceptors (Lipinski definition) is 7. The van der Waals surface area contributed by atoms with E-state index in [1.54, 1.807) is 23.1 Å². The highest BCUT2D eigenvalue weighted by molar-refractivity contribution is 6.03. The molecule has 1 aromatic rings. The van der Waals surface area contributed by atoms with Crippen molar-refractivity contribution < 1.29 is 28.7 Å². The van der Waals surface area contributed by atoms with Gasteiger partial charge in [0, 0.05) is 57.9 Å². The molecule has 0 saturated carbocycles. The number of anilines is 1. The molecule has 0 bridgehead atoms. The zero-order valence-corrected chi connectivity index (χ0v) is 20.5. The van der Waals surface area contributed by atoms with E-state index in [2.05, 4.69) is 5.32 Å². The Labute approximate surface area is 200 Å². The summed E-state index contributed by atoms with van der Waals surface area (Å²) in [5.74, 6) is -0.868. The number of piperazine rings is 1. The topological polar surface area (TPSA) is 116 Å². The summed E-state index contributed by atoms with van der Waals surface area (Å²) in [7, 11) is 2.94. The van der Waals surface area contributed by atoms with Crippen molar-refractivity contribution in [3.05, 3.63) is 29.3 Å². The van der Waals surface area contributed by atoms with Gasteiger partial charge >= 0.3 is 6.09 Å². The van der Waals surface area contributed by atoms with Crippen molar-refractivity contribution in [1.29, 1.82) is 0 Å². The van der Waals surface area contributed by atoms with Crippen LogP contribution >= 0.6 is 0 Å². The van der Waals surface area contributed by atoms with Crippen LogP contribution in [0.15, 0.2) is 18.2 Å². The third kappa shape index (κ3) is 6.79. The van der Waals surface area contributed by atoms with E-state index in [-0.39, 0.29) is 36.0 Å². The SMILES string of the molecule is CNC(=O)C(CCC=O)N(C)C(=O)c1ccc(N2CCN(C(=O)OC(C)(C)C)CC2)cc1C=O. The highest BCUT2D eigenvalue weighted by Gasteiger charge is 2.29. The van der Waals surface area contributed by atoms with Gasteiger partial charge in [0.25, 0.3) is 5.91 Å². The molecule has 1 aliphatic rings. The largest absolute Gasteiger partial charge is 0.444 e. The first-order valence-electron chi connectivity index (χ1n) is 11.3. The fourth-order valence-corrected chi connectivity index (χ4v) is 3.74. The minimum Gasteiger partial charge on any atom is -0.444 e. The summed E-state index contributed by atoms with van der Waals surface area (Å²) in [5, 5.41) is 2.50. The van der Waals surface area contributed by atoms with Gasteiger partial charge in [-0.05, 0) is 45.4 Å². The summed E-state index contributed by atoms with van der Waals surface area (Å²) >= 11 is 0. The van der Waals surface area contributed by atoms with Gasteiger partial charge in [-0.3, -0.25) is 14.4 Å². The Morgan fingerprint density at radius 1 is 1.15 bits per heavy atom. The molecule has 1 unspecified atom stereocenters. The third-order valence-corrected chi connectivity index (χ3v) is 5.58. The second-order valence-corrected chi connectivity index (χ2v) is 9.13. The van der Waals surface area contributed by atoms with Gasteiger partial charge in [-0.25, -0.2) is 4.79 Å². The number of nitrogens with one attached hydrogen (secondary N) is 1. The van der Waals surface area contributed by atoms with Crippen LogP contribution in [-0.4, -0.2) is 92.2 Å². The van der Waals surface area contributed by atoms with Crippen LogP contribution in [0.5, 0.6) is 0 Å². The molecule has 2 rings (SSSR count). The third-order valence-electron chi connectivity index (χ3n) is 5.58. The Kier molecular flexibility index (Phi) is 9.17. The first kappa shape index (κ1) is 26.8. The van der Waals surface area contributed by atoms with E-state index in [4.69, 9.17) is 4.74 Å². The number of benzene rings is 1. The molecule has 1 aliphatic heterocycles. The molecule has 186 valence electrons. The number of likely N-dealkylation sites (N-methyl/N-ethyl adjacent to an activating group) is 2. The van der Waals surface area contributed by atoms with Gasteiger partial charge in [0.2, 0.25) is 5.91 Å². The first-order chi connectivity index (χ1) is 16.0. The van der Waals surface area contributed by atoms with E-state index >= 15 is 0 Å².